The highest BCUT2D eigenvalue weighted by atomic mass is 28.4. The summed E-state index contributed by atoms with van der Waals surface area (Å²) in [6, 6.07) is 0. The summed E-state index contributed by atoms with van der Waals surface area (Å²) in [5, 5.41) is 0. The predicted molar refractivity (Wildman–Crippen MR) is 65.6 cm³/mol. The zero-order valence-electron chi connectivity index (χ0n) is 11.0. The molecular weight excluding hydrogens is 208 g/mol. The first-order valence-electron chi connectivity index (χ1n) is 5.77. The van der Waals surface area contributed by atoms with Crippen LogP contribution < -0.4 is 0 Å². The van der Waals surface area contributed by atoms with Gasteiger partial charge in [-0.15, -0.1) is 0 Å². The van der Waals surface area contributed by atoms with Crippen LogP contribution in [0.15, 0.2) is 0 Å². The smallest absolute Gasteiger partial charge is 0.374 e. The first-order chi connectivity index (χ1) is 7.16. The van der Waals surface area contributed by atoms with Crippen LogP contribution in [-0.2, 0) is 8.85 Å². The van der Waals surface area contributed by atoms with Crippen molar-refractivity contribution in [3.8, 4) is 0 Å². The van der Waals surface area contributed by atoms with Gasteiger partial charge < -0.3 is 8.85 Å². The van der Waals surface area contributed by atoms with Crippen LogP contribution >= 0.6 is 0 Å². The van der Waals surface area contributed by atoms with Gasteiger partial charge in [0.25, 0.3) is 0 Å². The van der Waals surface area contributed by atoms with E-state index in [1.54, 1.807) is 14.2 Å². The van der Waals surface area contributed by atoms with E-state index in [1.165, 1.54) is 0 Å². The van der Waals surface area contributed by atoms with Crippen LogP contribution in [0.4, 0.5) is 0 Å². The molecule has 5 heteroatoms. The molecular formula is C10H26N2O2Si. The number of rotatable bonds is 8. The Balaban J connectivity index is 4.98. The molecule has 0 amide bonds. The van der Waals surface area contributed by atoms with Gasteiger partial charge in [0.15, 0.2) is 0 Å². The van der Waals surface area contributed by atoms with Gasteiger partial charge in [-0.05, 0) is 26.2 Å². The molecule has 0 N–H and O–H groups in total. The van der Waals surface area contributed by atoms with Gasteiger partial charge in [-0.1, -0.05) is 27.7 Å². The van der Waals surface area contributed by atoms with Crippen molar-refractivity contribution in [2.24, 2.45) is 0 Å². The average molecular weight is 234 g/mol. The molecule has 0 aliphatic carbocycles. The molecule has 0 aromatic carbocycles. The Labute approximate surface area is 95.6 Å². The molecule has 0 saturated carbocycles. The summed E-state index contributed by atoms with van der Waals surface area (Å²) in [7, 11) is 1.18. The predicted octanol–water partition coefficient (Wildman–Crippen LogP) is 1.40. The van der Waals surface area contributed by atoms with E-state index < -0.39 is 8.88 Å². The summed E-state index contributed by atoms with van der Waals surface area (Å²) >= 11 is 0. The van der Waals surface area contributed by atoms with E-state index in [0.717, 1.165) is 26.2 Å². The second-order valence-corrected chi connectivity index (χ2v) is 6.48. The Morgan fingerprint density at radius 2 is 1.00 bits per heavy atom. The zero-order valence-corrected chi connectivity index (χ0v) is 12.0. The largest absolute Gasteiger partial charge is 0.521 e. The first kappa shape index (κ1) is 15.1. The SMILES string of the molecule is CCN(CC)[Si](OC)(OC)N(CC)CC. The number of nitrogens with zero attached hydrogens (tertiary/aromatic N) is 2. The van der Waals surface area contributed by atoms with Gasteiger partial charge in [0, 0.05) is 14.2 Å². The third kappa shape index (κ3) is 3.01. The first-order valence-corrected chi connectivity index (χ1v) is 7.48. The van der Waals surface area contributed by atoms with Gasteiger partial charge in [0.2, 0.25) is 0 Å². The lowest BCUT2D eigenvalue weighted by atomic mass is 10.7. The van der Waals surface area contributed by atoms with Crippen molar-refractivity contribution in [2.75, 3.05) is 40.4 Å². The second-order valence-electron chi connectivity index (χ2n) is 3.30. The molecule has 0 aromatic heterocycles. The summed E-state index contributed by atoms with van der Waals surface area (Å²) in [6.07, 6.45) is 0. The van der Waals surface area contributed by atoms with Crippen molar-refractivity contribution in [2.45, 2.75) is 27.7 Å². The molecule has 0 aliphatic rings. The van der Waals surface area contributed by atoms with Gasteiger partial charge in [0.05, 0.1) is 0 Å². The van der Waals surface area contributed by atoms with Crippen LogP contribution in [0, 0.1) is 0 Å². The molecule has 92 valence electrons. The minimum absolute atomic E-state index is 0.959. The third-order valence-corrected chi connectivity index (χ3v) is 6.78. The van der Waals surface area contributed by atoms with E-state index in [0.29, 0.717) is 0 Å². The standard InChI is InChI=1S/C10H26N2O2Si/c1-7-11(8-2)15(13-5,14-6)12(9-3)10-4/h7-10H2,1-6H3. The van der Waals surface area contributed by atoms with Crippen molar-refractivity contribution in [3.05, 3.63) is 0 Å². The van der Waals surface area contributed by atoms with Crippen molar-refractivity contribution in [1.29, 1.82) is 0 Å². The van der Waals surface area contributed by atoms with Crippen LogP contribution in [0.3, 0.4) is 0 Å². The minimum Gasteiger partial charge on any atom is -0.374 e. The highest BCUT2D eigenvalue weighted by Crippen LogP contribution is 2.16. The van der Waals surface area contributed by atoms with Gasteiger partial charge in [0.1, 0.15) is 0 Å². The van der Waals surface area contributed by atoms with Crippen molar-refractivity contribution < 1.29 is 8.85 Å². The number of hydrogen-bond acceptors (Lipinski definition) is 4. The molecule has 0 spiro atoms. The molecule has 0 fully saturated rings. The topological polar surface area (TPSA) is 24.9 Å². The van der Waals surface area contributed by atoms with Gasteiger partial charge in [-0.2, -0.15) is 0 Å². The van der Waals surface area contributed by atoms with Crippen molar-refractivity contribution in [1.82, 2.24) is 9.13 Å². The minimum atomic E-state index is -2.34. The molecule has 0 bridgehead atoms. The molecule has 4 nitrogen and oxygen atoms in total. The fraction of sp³-hybridized carbons (Fsp3) is 1.00. The highest BCUT2D eigenvalue weighted by Gasteiger charge is 2.48. The van der Waals surface area contributed by atoms with Crippen LogP contribution in [-0.4, -0.2) is 58.4 Å². The van der Waals surface area contributed by atoms with E-state index in [1.807, 2.05) is 0 Å². The lowest BCUT2D eigenvalue weighted by Gasteiger charge is -2.42. The molecule has 0 atom stereocenters. The van der Waals surface area contributed by atoms with E-state index in [-0.39, 0.29) is 0 Å². The lowest BCUT2D eigenvalue weighted by Crippen LogP contribution is -2.68. The Kier molecular flexibility index (Phi) is 7.38. The van der Waals surface area contributed by atoms with Gasteiger partial charge >= 0.3 is 8.88 Å². The second kappa shape index (κ2) is 7.35. The van der Waals surface area contributed by atoms with Crippen LogP contribution in [0.2, 0.25) is 0 Å². The fourth-order valence-corrected chi connectivity index (χ4v) is 5.24. The molecule has 0 radical (unpaired) electrons. The Morgan fingerprint density at radius 1 is 0.733 bits per heavy atom. The van der Waals surface area contributed by atoms with Crippen molar-refractivity contribution >= 4 is 8.88 Å². The Hall–Kier alpha value is 0.0569. The van der Waals surface area contributed by atoms with E-state index in [2.05, 4.69) is 36.8 Å². The maximum atomic E-state index is 5.74. The van der Waals surface area contributed by atoms with Crippen LogP contribution in [0.25, 0.3) is 0 Å². The molecule has 0 aliphatic heterocycles. The normalized spacial score (nSPS) is 12.8. The fourth-order valence-electron chi connectivity index (χ4n) is 2.05. The maximum Gasteiger partial charge on any atom is 0.521 e. The monoisotopic (exact) mass is 234 g/mol. The third-order valence-electron chi connectivity index (χ3n) is 2.86. The van der Waals surface area contributed by atoms with Crippen LogP contribution in [0.1, 0.15) is 27.7 Å². The highest BCUT2D eigenvalue weighted by molar-refractivity contribution is 6.61. The Morgan fingerprint density at radius 3 is 1.13 bits per heavy atom. The summed E-state index contributed by atoms with van der Waals surface area (Å²) in [4.78, 5) is 0. The molecule has 0 heterocycles. The van der Waals surface area contributed by atoms with Crippen LogP contribution in [0.5, 0.6) is 0 Å². The van der Waals surface area contributed by atoms with E-state index in [4.69, 9.17) is 8.85 Å². The quantitative estimate of drug-likeness (QED) is 0.593. The van der Waals surface area contributed by atoms with Crippen molar-refractivity contribution in [3.63, 3.8) is 0 Å². The van der Waals surface area contributed by atoms with E-state index in [9.17, 15) is 0 Å². The number of hydrogen-bond donors (Lipinski definition) is 0. The van der Waals surface area contributed by atoms with E-state index >= 15 is 0 Å². The summed E-state index contributed by atoms with van der Waals surface area (Å²) in [6.45, 7) is 12.4. The summed E-state index contributed by atoms with van der Waals surface area (Å²) in [5.74, 6) is 0. The van der Waals surface area contributed by atoms with Gasteiger partial charge in [-0.3, -0.25) is 9.13 Å². The molecule has 15 heavy (non-hydrogen) atoms. The molecule has 0 saturated heterocycles. The average Bonchev–Trinajstić information content (AvgIpc) is 2.29. The zero-order chi connectivity index (χ0) is 11.9. The molecule has 0 unspecified atom stereocenters. The van der Waals surface area contributed by atoms with Gasteiger partial charge in [-0.25, -0.2) is 0 Å². The Bertz CT molecular complexity index is 144. The summed E-state index contributed by atoms with van der Waals surface area (Å²) in [5.41, 5.74) is 0. The molecule has 0 aromatic rings. The molecule has 0 rings (SSSR count). The summed E-state index contributed by atoms with van der Waals surface area (Å²) < 4.78 is 16.1. The maximum absolute atomic E-state index is 5.74. The lowest BCUT2D eigenvalue weighted by molar-refractivity contribution is 0.101.